The average molecular weight is 257 g/mol. The zero-order valence-electron chi connectivity index (χ0n) is 8.54. The highest BCUT2D eigenvalue weighted by molar-refractivity contribution is 6.42. The van der Waals surface area contributed by atoms with Gasteiger partial charge in [-0.2, -0.15) is 5.10 Å². The molecule has 1 aromatic carbocycles. The number of aryl methyl sites for hydroxylation is 1. The quantitative estimate of drug-likeness (QED) is 0.869. The van der Waals surface area contributed by atoms with Crippen molar-refractivity contribution in [2.45, 2.75) is 0 Å². The van der Waals surface area contributed by atoms with Gasteiger partial charge in [-0.15, -0.1) is 0 Å². The lowest BCUT2D eigenvalue weighted by molar-refractivity contribution is 0.771. The monoisotopic (exact) mass is 256 g/mol. The van der Waals surface area contributed by atoms with E-state index in [0.29, 0.717) is 21.6 Å². The van der Waals surface area contributed by atoms with Crippen molar-refractivity contribution in [3.63, 3.8) is 0 Å². The van der Waals surface area contributed by atoms with E-state index in [9.17, 15) is 0 Å². The second-order valence-corrected chi connectivity index (χ2v) is 4.18. The highest BCUT2D eigenvalue weighted by atomic mass is 35.5. The van der Waals surface area contributed by atoms with E-state index in [2.05, 4.69) is 10.4 Å². The van der Waals surface area contributed by atoms with Crippen LogP contribution in [0.1, 0.15) is 0 Å². The summed E-state index contributed by atoms with van der Waals surface area (Å²) < 4.78 is 1.63. The topological polar surface area (TPSA) is 55.9 Å². The Kier molecular flexibility index (Phi) is 2.94. The summed E-state index contributed by atoms with van der Waals surface area (Å²) in [4.78, 5) is 0. The summed E-state index contributed by atoms with van der Waals surface area (Å²) in [6, 6.07) is 5.24. The first kappa shape index (κ1) is 11.1. The van der Waals surface area contributed by atoms with Gasteiger partial charge in [0.15, 0.2) is 5.82 Å². The smallest absolute Gasteiger partial charge is 0.175 e. The lowest BCUT2D eigenvalue weighted by Crippen LogP contribution is -1.95. The molecule has 0 saturated heterocycles. The maximum Gasteiger partial charge on any atom is 0.175 e. The minimum Gasteiger partial charge on any atom is -0.394 e. The molecule has 2 aromatic rings. The first-order valence-corrected chi connectivity index (χ1v) is 5.33. The van der Waals surface area contributed by atoms with E-state index in [4.69, 9.17) is 28.9 Å². The molecule has 0 saturated carbocycles. The van der Waals surface area contributed by atoms with Crippen molar-refractivity contribution in [3.8, 4) is 0 Å². The summed E-state index contributed by atoms with van der Waals surface area (Å²) in [7, 11) is 1.80. The largest absolute Gasteiger partial charge is 0.394 e. The minimum absolute atomic E-state index is 0.487. The summed E-state index contributed by atoms with van der Waals surface area (Å²) in [6.45, 7) is 0. The van der Waals surface area contributed by atoms with Gasteiger partial charge in [-0.25, -0.2) is 0 Å². The van der Waals surface area contributed by atoms with Crippen molar-refractivity contribution < 1.29 is 0 Å². The molecule has 6 heteroatoms. The van der Waals surface area contributed by atoms with Gasteiger partial charge >= 0.3 is 0 Å². The molecule has 4 nitrogen and oxygen atoms in total. The number of benzene rings is 1. The van der Waals surface area contributed by atoms with Crippen LogP contribution in [0.4, 0.5) is 17.2 Å². The molecule has 2 rings (SSSR count). The zero-order valence-corrected chi connectivity index (χ0v) is 10.0. The fraction of sp³-hybridized carbons (Fsp3) is 0.100. The molecule has 0 fully saturated rings. The number of hydrogen-bond donors (Lipinski definition) is 2. The summed E-state index contributed by atoms with van der Waals surface area (Å²) in [5.74, 6) is 0.598. The van der Waals surface area contributed by atoms with Gasteiger partial charge in [-0.3, -0.25) is 4.68 Å². The van der Waals surface area contributed by atoms with E-state index < -0.39 is 0 Å². The SMILES string of the molecule is Cn1cc(N)c(Nc2ccc(Cl)c(Cl)c2)n1. The minimum atomic E-state index is 0.487. The highest BCUT2D eigenvalue weighted by Crippen LogP contribution is 2.27. The Morgan fingerprint density at radius 2 is 2.06 bits per heavy atom. The highest BCUT2D eigenvalue weighted by Gasteiger charge is 2.05. The molecule has 84 valence electrons. The van der Waals surface area contributed by atoms with E-state index in [0.717, 1.165) is 5.69 Å². The Bertz CT molecular complexity index is 522. The third kappa shape index (κ3) is 2.23. The van der Waals surface area contributed by atoms with Crippen molar-refractivity contribution in [2.75, 3.05) is 11.1 Å². The third-order valence-corrected chi connectivity index (χ3v) is 2.78. The predicted octanol–water partition coefficient (Wildman–Crippen LogP) is 3.05. The van der Waals surface area contributed by atoms with Crippen LogP contribution in [0.2, 0.25) is 10.0 Å². The lowest BCUT2D eigenvalue weighted by Gasteiger charge is -2.05. The van der Waals surface area contributed by atoms with Crippen molar-refractivity contribution in [1.82, 2.24) is 9.78 Å². The predicted molar refractivity (Wildman–Crippen MR) is 67.4 cm³/mol. The second-order valence-electron chi connectivity index (χ2n) is 3.36. The maximum absolute atomic E-state index is 5.90. The summed E-state index contributed by atoms with van der Waals surface area (Å²) >= 11 is 11.7. The van der Waals surface area contributed by atoms with Gasteiger partial charge in [0.2, 0.25) is 0 Å². The van der Waals surface area contributed by atoms with Gasteiger partial charge < -0.3 is 11.1 Å². The van der Waals surface area contributed by atoms with Gasteiger partial charge in [0.1, 0.15) is 0 Å². The number of nitrogen functional groups attached to an aromatic ring is 1. The van der Waals surface area contributed by atoms with Crippen LogP contribution in [-0.2, 0) is 7.05 Å². The molecule has 0 atom stereocenters. The molecule has 1 heterocycles. The molecule has 16 heavy (non-hydrogen) atoms. The van der Waals surface area contributed by atoms with E-state index in [1.807, 2.05) is 6.07 Å². The van der Waals surface area contributed by atoms with Crippen molar-refractivity contribution in [3.05, 3.63) is 34.4 Å². The number of nitrogens with zero attached hydrogens (tertiary/aromatic N) is 2. The molecule has 0 aliphatic carbocycles. The molecule has 0 spiro atoms. The van der Waals surface area contributed by atoms with Gasteiger partial charge in [0.25, 0.3) is 0 Å². The van der Waals surface area contributed by atoms with Crippen LogP contribution >= 0.6 is 23.2 Å². The van der Waals surface area contributed by atoms with Gasteiger partial charge in [0, 0.05) is 18.9 Å². The molecule has 0 bridgehead atoms. The van der Waals surface area contributed by atoms with E-state index in [-0.39, 0.29) is 0 Å². The van der Waals surface area contributed by atoms with E-state index in [1.54, 1.807) is 30.1 Å². The van der Waals surface area contributed by atoms with Crippen LogP contribution in [0.25, 0.3) is 0 Å². The molecular weight excluding hydrogens is 247 g/mol. The standard InChI is InChI=1S/C10H10Cl2N4/c1-16-5-9(13)10(15-16)14-6-2-3-7(11)8(12)4-6/h2-5H,13H2,1H3,(H,14,15). The first-order valence-electron chi connectivity index (χ1n) is 4.57. The Morgan fingerprint density at radius 1 is 1.31 bits per heavy atom. The Balaban J connectivity index is 2.27. The fourth-order valence-corrected chi connectivity index (χ4v) is 1.61. The number of aromatic nitrogens is 2. The number of nitrogens with one attached hydrogen (secondary N) is 1. The molecule has 0 radical (unpaired) electrons. The number of halogens is 2. The molecule has 1 aromatic heterocycles. The molecule has 3 N–H and O–H groups in total. The molecule has 0 aliphatic rings. The number of nitrogens with two attached hydrogens (primary N) is 1. The summed E-state index contributed by atoms with van der Waals surface area (Å²) in [6.07, 6.45) is 1.72. The summed E-state index contributed by atoms with van der Waals surface area (Å²) in [5, 5.41) is 8.23. The van der Waals surface area contributed by atoms with Gasteiger partial charge in [-0.1, -0.05) is 23.2 Å². The summed E-state index contributed by atoms with van der Waals surface area (Å²) in [5.41, 5.74) is 7.12. The van der Waals surface area contributed by atoms with Gasteiger partial charge in [-0.05, 0) is 18.2 Å². The molecule has 0 aliphatic heterocycles. The molecule has 0 unspecified atom stereocenters. The Morgan fingerprint density at radius 3 is 2.62 bits per heavy atom. The van der Waals surface area contributed by atoms with Crippen LogP contribution in [0.5, 0.6) is 0 Å². The maximum atomic E-state index is 5.90. The molecular formula is C10H10Cl2N4. The third-order valence-electron chi connectivity index (χ3n) is 2.04. The number of rotatable bonds is 2. The number of hydrogen-bond acceptors (Lipinski definition) is 3. The first-order chi connectivity index (χ1) is 7.56. The van der Waals surface area contributed by atoms with Crippen LogP contribution in [0, 0.1) is 0 Å². The fourth-order valence-electron chi connectivity index (χ4n) is 1.31. The van der Waals surface area contributed by atoms with Crippen LogP contribution in [0.15, 0.2) is 24.4 Å². The van der Waals surface area contributed by atoms with Crippen molar-refractivity contribution in [2.24, 2.45) is 7.05 Å². The van der Waals surface area contributed by atoms with E-state index in [1.165, 1.54) is 0 Å². The van der Waals surface area contributed by atoms with Crippen molar-refractivity contribution >= 4 is 40.4 Å². The second kappa shape index (κ2) is 4.23. The van der Waals surface area contributed by atoms with E-state index >= 15 is 0 Å². The average Bonchev–Trinajstić information content (AvgIpc) is 2.51. The Hall–Kier alpha value is -1.39. The lowest BCUT2D eigenvalue weighted by atomic mass is 10.3. The van der Waals surface area contributed by atoms with Gasteiger partial charge in [0.05, 0.1) is 15.7 Å². The van der Waals surface area contributed by atoms with Crippen LogP contribution < -0.4 is 11.1 Å². The van der Waals surface area contributed by atoms with Crippen LogP contribution in [0.3, 0.4) is 0 Å². The molecule has 0 amide bonds. The Labute approximate surface area is 103 Å². The van der Waals surface area contributed by atoms with Crippen LogP contribution in [-0.4, -0.2) is 9.78 Å². The zero-order chi connectivity index (χ0) is 11.7. The normalized spacial score (nSPS) is 10.4. The number of anilines is 3. The van der Waals surface area contributed by atoms with Crippen molar-refractivity contribution in [1.29, 1.82) is 0 Å².